The van der Waals surface area contributed by atoms with Gasteiger partial charge in [0.2, 0.25) is 0 Å². The molecule has 2 heterocycles. The van der Waals surface area contributed by atoms with E-state index in [-0.39, 0.29) is 12.4 Å². The Balaban J connectivity index is 1.40. The van der Waals surface area contributed by atoms with Crippen LogP contribution in [0.25, 0.3) is 17.1 Å². The second-order valence-corrected chi connectivity index (χ2v) is 6.76. The van der Waals surface area contributed by atoms with Crippen molar-refractivity contribution in [3.63, 3.8) is 0 Å². The minimum Gasteiger partial charge on any atom is -0.467 e. The molecule has 33 heavy (non-hydrogen) atoms. The summed E-state index contributed by atoms with van der Waals surface area (Å²) >= 11 is 0. The molecule has 0 radical (unpaired) electrons. The fraction of sp³-hybridized carbons (Fsp3) is 0.0870. The van der Waals surface area contributed by atoms with E-state index in [1.807, 2.05) is 60.7 Å². The average Bonchev–Trinajstić information content (AvgIpc) is 3.53. The fourth-order valence-corrected chi connectivity index (χ4v) is 2.90. The molecule has 166 valence electrons. The summed E-state index contributed by atoms with van der Waals surface area (Å²) in [6.07, 6.45) is 1.47. The molecule has 0 spiro atoms. The zero-order valence-corrected chi connectivity index (χ0v) is 17.3. The van der Waals surface area contributed by atoms with Gasteiger partial charge in [-0.3, -0.25) is 10.1 Å². The Labute approximate surface area is 188 Å². The van der Waals surface area contributed by atoms with E-state index in [1.54, 1.807) is 12.1 Å². The molecule has 0 bridgehead atoms. The maximum atomic E-state index is 12.5. The zero-order chi connectivity index (χ0) is 23.0. The van der Waals surface area contributed by atoms with E-state index in [2.05, 4.69) is 20.7 Å². The van der Waals surface area contributed by atoms with Crippen molar-refractivity contribution in [2.75, 3.05) is 6.61 Å². The molecule has 2 aromatic heterocycles. The summed E-state index contributed by atoms with van der Waals surface area (Å²) in [7, 11) is 0. The second-order valence-electron chi connectivity index (χ2n) is 6.76. The number of imide groups is 1. The third kappa shape index (κ3) is 5.50. The van der Waals surface area contributed by atoms with Crippen LogP contribution < -0.4 is 10.6 Å². The number of carbonyl (C=O) groups is 3. The molecular formula is C23H19N5O5. The number of ether oxygens (including phenoxy) is 1. The molecule has 4 aromatic rings. The van der Waals surface area contributed by atoms with Crippen LogP contribution in [0.15, 0.2) is 83.5 Å². The Morgan fingerprint density at radius 1 is 0.939 bits per heavy atom. The van der Waals surface area contributed by atoms with Gasteiger partial charge >= 0.3 is 12.0 Å². The summed E-state index contributed by atoms with van der Waals surface area (Å²) < 4.78 is 11.6. The molecule has 0 aliphatic heterocycles. The first-order chi connectivity index (χ1) is 16.1. The molecule has 0 saturated carbocycles. The number of hydrogen-bond acceptors (Lipinski definition) is 7. The molecule has 2 aromatic carbocycles. The highest BCUT2D eigenvalue weighted by molar-refractivity contribution is 5.96. The molecule has 0 saturated heterocycles. The van der Waals surface area contributed by atoms with Gasteiger partial charge in [-0.1, -0.05) is 48.5 Å². The number of benzene rings is 2. The molecule has 2 N–H and O–H groups in total. The van der Waals surface area contributed by atoms with Crippen molar-refractivity contribution >= 4 is 17.9 Å². The van der Waals surface area contributed by atoms with E-state index in [4.69, 9.17) is 9.15 Å². The number of furan rings is 1. The number of esters is 1. The van der Waals surface area contributed by atoms with Crippen molar-refractivity contribution < 1.29 is 23.5 Å². The van der Waals surface area contributed by atoms with Gasteiger partial charge in [-0.15, -0.1) is 5.10 Å². The Hall–Kier alpha value is -4.73. The summed E-state index contributed by atoms with van der Waals surface area (Å²) in [4.78, 5) is 40.5. The van der Waals surface area contributed by atoms with Crippen molar-refractivity contribution in [3.8, 4) is 17.1 Å². The Bertz CT molecular complexity index is 1180. The second kappa shape index (κ2) is 10.1. The van der Waals surface area contributed by atoms with E-state index in [1.165, 1.54) is 10.9 Å². The SMILES string of the molecule is O=C(COC(=O)c1nc(-c2ccccc2)n(-c2ccccc2)n1)NC(=O)NCc1ccco1. The lowest BCUT2D eigenvalue weighted by Crippen LogP contribution is -2.41. The maximum absolute atomic E-state index is 12.5. The molecule has 0 atom stereocenters. The van der Waals surface area contributed by atoms with Gasteiger partial charge in [0, 0.05) is 5.56 Å². The quantitative estimate of drug-likeness (QED) is 0.419. The molecule has 0 aliphatic rings. The van der Waals surface area contributed by atoms with Gasteiger partial charge in [0.05, 0.1) is 18.5 Å². The van der Waals surface area contributed by atoms with E-state index in [0.717, 1.165) is 5.56 Å². The lowest BCUT2D eigenvalue weighted by molar-refractivity contribution is -0.123. The number of amides is 3. The topological polar surface area (TPSA) is 128 Å². The van der Waals surface area contributed by atoms with Gasteiger partial charge in [-0.05, 0) is 24.3 Å². The zero-order valence-electron chi connectivity index (χ0n) is 17.3. The third-order valence-electron chi connectivity index (χ3n) is 4.41. The summed E-state index contributed by atoms with van der Waals surface area (Å²) in [6, 6.07) is 21.0. The van der Waals surface area contributed by atoms with Crippen LogP contribution in [0.1, 0.15) is 16.4 Å². The Morgan fingerprint density at radius 3 is 2.36 bits per heavy atom. The first-order valence-corrected chi connectivity index (χ1v) is 9.95. The Kier molecular flexibility index (Phi) is 6.55. The number of para-hydroxylation sites is 1. The molecule has 0 fully saturated rings. The summed E-state index contributed by atoms with van der Waals surface area (Å²) in [6.45, 7) is -0.567. The van der Waals surface area contributed by atoms with Gasteiger partial charge < -0.3 is 14.5 Å². The summed E-state index contributed by atoms with van der Waals surface area (Å²) in [5.74, 6) is -0.944. The highest BCUT2D eigenvalue weighted by Crippen LogP contribution is 2.21. The summed E-state index contributed by atoms with van der Waals surface area (Å²) in [5.41, 5.74) is 1.45. The van der Waals surface area contributed by atoms with Crippen molar-refractivity contribution in [1.29, 1.82) is 0 Å². The molecule has 4 rings (SSSR count). The highest BCUT2D eigenvalue weighted by atomic mass is 16.5. The molecule has 3 amide bonds. The van der Waals surface area contributed by atoms with Crippen LogP contribution in [0.2, 0.25) is 0 Å². The predicted octanol–water partition coefficient (Wildman–Crippen LogP) is 2.71. The molecular weight excluding hydrogens is 426 g/mol. The van der Waals surface area contributed by atoms with E-state index in [0.29, 0.717) is 17.3 Å². The van der Waals surface area contributed by atoms with E-state index < -0.39 is 24.5 Å². The smallest absolute Gasteiger partial charge is 0.378 e. The van der Waals surface area contributed by atoms with Crippen LogP contribution in [0.3, 0.4) is 0 Å². The lowest BCUT2D eigenvalue weighted by atomic mass is 10.2. The Morgan fingerprint density at radius 2 is 1.67 bits per heavy atom. The minimum absolute atomic E-state index is 0.106. The van der Waals surface area contributed by atoms with Gasteiger partial charge in [-0.2, -0.15) is 0 Å². The third-order valence-corrected chi connectivity index (χ3v) is 4.41. The van der Waals surface area contributed by atoms with Crippen molar-refractivity contribution in [1.82, 2.24) is 25.4 Å². The number of carbonyl (C=O) groups excluding carboxylic acids is 3. The van der Waals surface area contributed by atoms with Crippen LogP contribution >= 0.6 is 0 Å². The van der Waals surface area contributed by atoms with Crippen LogP contribution in [-0.4, -0.2) is 39.3 Å². The first kappa shape index (κ1) is 21.5. The first-order valence-electron chi connectivity index (χ1n) is 9.95. The number of aromatic nitrogens is 3. The lowest BCUT2D eigenvalue weighted by Gasteiger charge is -2.05. The van der Waals surface area contributed by atoms with Crippen molar-refractivity contribution in [2.24, 2.45) is 0 Å². The number of nitrogens with zero attached hydrogens (tertiary/aromatic N) is 3. The highest BCUT2D eigenvalue weighted by Gasteiger charge is 2.21. The number of rotatable bonds is 7. The van der Waals surface area contributed by atoms with E-state index >= 15 is 0 Å². The summed E-state index contributed by atoms with van der Waals surface area (Å²) in [5, 5.41) is 8.78. The van der Waals surface area contributed by atoms with Gasteiger partial charge in [-0.25, -0.2) is 19.3 Å². The number of hydrogen-bond donors (Lipinski definition) is 2. The van der Waals surface area contributed by atoms with Gasteiger partial charge in [0.1, 0.15) is 5.76 Å². The predicted molar refractivity (Wildman–Crippen MR) is 116 cm³/mol. The average molecular weight is 445 g/mol. The maximum Gasteiger partial charge on any atom is 0.378 e. The molecule has 10 heteroatoms. The van der Waals surface area contributed by atoms with E-state index in [9.17, 15) is 14.4 Å². The standard InChI is InChI=1S/C23H19N5O5/c29-19(25-23(31)24-14-18-12-7-13-32-18)15-33-22(30)20-26-21(16-8-3-1-4-9-16)28(27-20)17-10-5-2-6-11-17/h1-13H,14-15H2,(H2,24,25,29,31). The van der Waals surface area contributed by atoms with Crippen LogP contribution in [-0.2, 0) is 16.1 Å². The van der Waals surface area contributed by atoms with Crippen LogP contribution in [0.5, 0.6) is 0 Å². The molecule has 0 unspecified atom stereocenters. The molecule has 0 aliphatic carbocycles. The fourth-order valence-electron chi connectivity index (χ4n) is 2.90. The normalized spacial score (nSPS) is 10.4. The minimum atomic E-state index is -0.895. The van der Waals surface area contributed by atoms with Gasteiger partial charge in [0.15, 0.2) is 12.4 Å². The van der Waals surface area contributed by atoms with Crippen molar-refractivity contribution in [2.45, 2.75) is 6.54 Å². The van der Waals surface area contributed by atoms with Crippen molar-refractivity contribution in [3.05, 3.63) is 90.6 Å². The van der Waals surface area contributed by atoms with Crippen LogP contribution in [0, 0.1) is 0 Å². The van der Waals surface area contributed by atoms with Gasteiger partial charge in [0.25, 0.3) is 11.7 Å². The largest absolute Gasteiger partial charge is 0.467 e. The number of urea groups is 1. The molecule has 10 nitrogen and oxygen atoms in total. The number of nitrogens with one attached hydrogen (secondary N) is 2. The monoisotopic (exact) mass is 445 g/mol. The van der Waals surface area contributed by atoms with Crippen LogP contribution in [0.4, 0.5) is 4.79 Å².